The van der Waals surface area contributed by atoms with Crippen LogP contribution in [0.2, 0.25) is 5.02 Å². The Morgan fingerprint density at radius 1 is 1.07 bits per heavy atom. The monoisotopic (exact) mass is 404 g/mol. The maximum Gasteiger partial charge on any atom is 0.406 e. The Hall–Kier alpha value is -2.73. The fraction of sp³-hybridized carbons (Fsp3) is 0.190. The maximum absolute atomic E-state index is 13.4. The number of fused-ring (bicyclic) bond motifs is 3. The van der Waals surface area contributed by atoms with E-state index < -0.39 is 12.7 Å². The smallest absolute Gasteiger partial charge is 0.331 e. The van der Waals surface area contributed by atoms with Gasteiger partial charge in [0.1, 0.15) is 6.54 Å². The van der Waals surface area contributed by atoms with Crippen LogP contribution in [0.3, 0.4) is 0 Å². The predicted octanol–water partition coefficient (Wildman–Crippen LogP) is 5.93. The fourth-order valence-electron chi connectivity index (χ4n) is 3.85. The van der Waals surface area contributed by atoms with Gasteiger partial charge in [0.25, 0.3) is 0 Å². The molecule has 0 aliphatic heterocycles. The second kappa shape index (κ2) is 6.71. The summed E-state index contributed by atoms with van der Waals surface area (Å²) in [5.41, 5.74) is 2.58. The molecule has 0 saturated heterocycles. The number of aromatic amines is 1. The average molecular weight is 405 g/mol. The Balaban J connectivity index is 2.21. The van der Waals surface area contributed by atoms with Crippen LogP contribution < -0.4 is 5.56 Å². The molecule has 3 nitrogen and oxygen atoms in total. The van der Waals surface area contributed by atoms with Crippen molar-refractivity contribution in [1.29, 1.82) is 0 Å². The fourth-order valence-corrected chi connectivity index (χ4v) is 4.14. The molecular weight excluding hydrogens is 389 g/mol. The molecule has 1 N–H and O–H groups in total. The van der Waals surface area contributed by atoms with Crippen molar-refractivity contribution in [2.75, 3.05) is 0 Å². The lowest BCUT2D eigenvalue weighted by molar-refractivity contribution is -0.139. The van der Waals surface area contributed by atoms with Crippen LogP contribution in [0, 0.1) is 0 Å². The summed E-state index contributed by atoms with van der Waals surface area (Å²) in [6.07, 6.45) is -3.87. The zero-order chi connectivity index (χ0) is 20.1. The number of halogens is 4. The lowest BCUT2D eigenvalue weighted by Gasteiger charge is -2.14. The summed E-state index contributed by atoms with van der Waals surface area (Å²) in [6.45, 7) is 0.789. The van der Waals surface area contributed by atoms with Gasteiger partial charge in [-0.2, -0.15) is 13.2 Å². The molecule has 0 bridgehead atoms. The average Bonchev–Trinajstić information content (AvgIpc) is 2.93. The molecule has 0 unspecified atom stereocenters. The summed E-state index contributed by atoms with van der Waals surface area (Å²) in [4.78, 5) is 14.5. The highest BCUT2D eigenvalue weighted by molar-refractivity contribution is 6.37. The van der Waals surface area contributed by atoms with Gasteiger partial charge in [-0.05, 0) is 29.7 Å². The van der Waals surface area contributed by atoms with Crippen LogP contribution in [-0.4, -0.2) is 15.7 Å². The van der Waals surface area contributed by atoms with Gasteiger partial charge in [0, 0.05) is 22.4 Å². The van der Waals surface area contributed by atoms with E-state index in [-0.39, 0.29) is 10.6 Å². The Morgan fingerprint density at radius 3 is 2.43 bits per heavy atom. The molecule has 2 aromatic carbocycles. The van der Waals surface area contributed by atoms with Crippen molar-refractivity contribution in [1.82, 2.24) is 9.55 Å². The number of H-pyrrole nitrogens is 1. The number of nitrogens with one attached hydrogen (secondary N) is 1. The number of aromatic nitrogens is 2. The summed E-state index contributed by atoms with van der Waals surface area (Å²) in [5.74, 6) is 0. The van der Waals surface area contributed by atoms with Gasteiger partial charge in [-0.1, -0.05) is 48.9 Å². The van der Waals surface area contributed by atoms with E-state index in [4.69, 9.17) is 11.6 Å². The standard InChI is InChI=1S/C21H16ClF3N2O/c1-2-13-18-16(9-8-15-19(18)14(22)10-17(28)26-15)27(11-21(23,24)25)20(13)12-6-4-3-5-7-12/h3-10H,2,11H2,1H3,(H,26,28). The van der Waals surface area contributed by atoms with Crippen LogP contribution in [0.1, 0.15) is 12.5 Å². The van der Waals surface area contributed by atoms with E-state index in [1.807, 2.05) is 13.0 Å². The summed E-state index contributed by atoms with van der Waals surface area (Å²) in [6, 6.07) is 13.5. The molecule has 0 aliphatic carbocycles. The molecule has 0 amide bonds. The number of hydrogen-bond donors (Lipinski definition) is 1. The number of alkyl halides is 3. The van der Waals surface area contributed by atoms with Gasteiger partial charge >= 0.3 is 6.18 Å². The molecule has 4 rings (SSSR count). The van der Waals surface area contributed by atoms with E-state index in [0.717, 1.165) is 5.56 Å². The first kappa shape index (κ1) is 18.6. The van der Waals surface area contributed by atoms with Crippen LogP contribution in [0.25, 0.3) is 33.1 Å². The number of aryl methyl sites for hydroxylation is 1. The third-order valence-electron chi connectivity index (χ3n) is 4.82. The van der Waals surface area contributed by atoms with Gasteiger partial charge in [-0.15, -0.1) is 0 Å². The number of rotatable bonds is 3. The van der Waals surface area contributed by atoms with Crippen LogP contribution >= 0.6 is 11.6 Å². The first-order valence-corrected chi connectivity index (χ1v) is 9.16. The van der Waals surface area contributed by atoms with Crippen molar-refractivity contribution in [3.63, 3.8) is 0 Å². The lowest BCUT2D eigenvalue weighted by atomic mass is 10.0. The van der Waals surface area contributed by atoms with Crippen molar-refractivity contribution >= 4 is 33.4 Å². The summed E-state index contributed by atoms with van der Waals surface area (Å²) >= 11 is 6.36. The van der Waals surface area contributed by atoms with Crippen LogP contribution in [0.15, 0.2) is 53.3 Å². The van der Waals surface area contributed by atoms with Gasteiger partial charge in [0.15, 0.2) is 0 Å². The van der Waals surface area contributed by atoms with Crippen molar-refractivity contribution < 1.29 is 13.2 Å². The Kier molecular flexibility index (Phi) is 4.46. The molecule has 4 aromatic rings. The number of pyridine rings is 1. The van der Waals surface area contributed by atoms with Crippen molar-refractivity contribution in [3.8, 4) is 11.3 Å². The van der Waals surface area contributed by atoms with E-state index >= 15 is 0 Å². The van der Waals surface area contributed by atoms with E-state index in [1.54, 1.807) is 36.4 Å². The molecule has 28 heavy (non-hydrogen) atoms. The SMILES string of the molecule is CCc1c(-c2ccccc2)n(CC(F)(F)F)c2ccc3[nH]c(=O)cc(Cl)c3c12. The molecule has 0 fully saturated rings. The van der Waals surface area contributed by atoms with Gasteiger partial charge < -0.3 is 9.55 Å². The first-order chi connectivity index (χ1) is 13.3. The van der Waals surface area contributed by atoms with Crippen LogP contribution in [0.5, 0.6) is 0 Å². The molecule has 0 radical (unpaired) electrons. The van der Waals surface area contributed by atoms with Crippen LogP contribution in [0.4, 0.5) is 13.2 Å². The second-order valence-electron chi connectivity index (χ2n) is 6.61. The molecule has 0 spiro atoms. The third-order valence-corrected chi connectivity index (χ3v) is 5.12. The zero-order valence-electron chi connectivity index (χ0n) is 14.9. The Morgan fingerprint density at radius 2 is 1.79 bits per heavy atom. The topological polar surface area (TPSA) is 37.8 Å². The lowest BCUT2D eigenvalue weighted by Crippen LogP contribution is -2.18. The minimum Gasteiger partial charge on any atom is -0.331 e. The highest BCUT2D eigenvalue weighted by Crippen LogP contribution is 2.41. The van der Waals surface area contributed by atoms with Crippen LogP contribution in [-0.2, 0) is 13.0 Å². The third kappa shape index (κ3) is 3.07. The largest absolute Gasteiger partial charge is 0.406 e. The predicted molar refractivity (Wildman–Crippen MR) is 106 cm³/mol. The van der Waals surface area contributed by atoms with Gasteiger partial charge in [0.05, 0.1) is 16.2 Å². The summed E-state index contributed by atoms with van der Waals surface area (Å²) in [5, 5.41) is 1.43. The highest BCUT2D eigenvalue weighted by Gasteiger charge is 2.32. The maximum atomic E-state index is 13.4. The minimum absolute atomic E-state index is 0.225. The minimum atomic E-state index is -4.38. The Labute approximate surface area is 163 Å². The van der Waals surface area contributed by atoms with Gasteiger partial charge in [0.2, 0.25) is 5.56 Å². The summed E-state index contributed by atoms with van der Waals surface area (Å²) < 4.78 is 41.6. The van der Waals surface area contributed by atoms with Crippen molar-refractivity contribution in [3.05, 3.63) is 69.5 Å². The molecule has 2 heterocycles. The Bertz CT molecular complexity index is 1240. The van der Waals surface area contributed by atoms with E-state index in [0.29, 0.717) is 39.5 Å². The molecule has 0 saturated carbocycles. The van der Waals surface area contributed by atoms with E-state index in [9.17, 15) is 18.0 Å². The normalized spacial score (nSPS) is 12.2. The summed E-state index contributed by atoms with van der Waals surface area (Å²) in [7, 11) is 0. The van der Waals surface area contributed by atoms with Crippen molar-refractivity contribution in [2.45, 2.75) is 26.1 Å². The van der Waals surface area contributed by atoms with Gasteiger partial charge in [-0.3, -0.25) is 4.79 Å². The molecular formula is C21H16ClF3N2O. The van der Waals surface area contributed by atoms with E-state index in [1.165, 1.54) is 10.6 Å². The first-order valence-electron chi connectivity index (χ1n) is 8.79. The van der Waals surface area contributed by atoms with E-state index in [2.05, 4.69) is 4.98 Å². The molecule has 0 aliphatic rings. The molecule has 7 heteroatoms. The van der Waals surface area contributed by atoms with Crippen molar-refractivity contribution in [2.24, 2.45) is 0 Å². The zero-order valence-corrected chi connectivity index (χ0v) is 15.7. The number of hydrogen-bond acceptors (Lipinski definition) is 1. The number of nitrogens with zero attached hydrogens (tertiary/aromatic N) is 1. The second-order valence-corrected chi connectivity index (χ2v) is 7.02. The quantitative estimate of drug-likeness (QED) is 0.451. The molecule has 2 aromatic heterocycles. The highest BCUT2D eigenvalue weighted by atomic mass is 35.5. The molecule has 144 valence electrons. The number of benzene rings is 2. The van der Waals surface area contributed by atoms with Gasteiger partial charge in [-0.25, -0.2) is 0 Å². The molecule has 0 atom stereocenters.